The second kappa shape index (κ2) is 7.04. The number of likely N-dealkylation sites (N-methyl/N-ethyl adjacent to an activating group) is 1. The third kappa shape index (κ3) is 4.49. The van der Waals surface area contributed by atoms with Gasteiger partial charge in [-0.2, -0.15) is 11.8 Å². The van der Waals surface area contributed by atoms with Crippen molar-refractivity contribution in [2.45, 2.75) is 51.7 Å². The Bertz CT molecular complexity index is 504. The van der Waals surface area contributed by atoms with E-state index in [0.29, 0.717) is 18.5 Å². The van der Waals surface area contributed by atoms with Crippen molar-refractivity contribution in [3.8, 4) is 0 Å². The van der Waals surface area contributed by atoms with Crippen molar-refractivity contribution in [1.29, 1.82) is 0 Å². The molecule has 1 aromatic rings. The number of hydrogen-bond donors (Lipinski definition) is 0. The molecule has 0 radical (unpaired) electrons. The maximum Gasteiger partial charge on any atom is 0.320 e. The molecular formula is C16H26N2O3S. The van der Waals surface area contributed by atoms with Crippen LogP contribution < -0.4 is 0 Å². The van der Waals surface area contributed by atoms with E-state index in [-0.39, 0.29) is 11.4 Å². The number of carbonyl (C=O) groups is 1. The summed E-state index contributed by atoms with van der Waals surface area (Å²) in [5.41, 5.74) is -0.102. The van der Waals surface area contributed by atoms with Gasteiger partial charge in [-0.25, -0.2) is 4.98 Å². The van der Waals surface area contributed by atoms with Crippen molar-refractivity contribution in [2.75, 3.05) is 25.1 Å². The fourth-order valence-electron chi connectivity index (χ4n) is 2.31. The largest absolute Gasteiger partial charge is 0.452 e. The van der Waals surface area contributed by atoms with Crippen LogP contribution in [0.15, 0.2) is 10.6 Å². The third-order valence-corrected chi connectivity index (χ3v) is 4.97. The van der Waals surface area contributed by atoms with Crippen LogP contribution in [0.3, 0.4) is 0 Å². The normalized spacial score (nSPS) is 20.4. The maximum absolute atomic E-state index is 12.1. The molecular weight excluding hydrogens is 300 g/mol. The molecule has 2 rings (SSSR count). The fourth-order valence-corrected chi connectivity index (χ4v) is 3.61. The van der Waals surface area contributed by atoms with Crippen LogP contribution in [-0.4, -0.2) is 47.0 Å². The van der Waals surface area contributed by atoms with E-state index >= 15 is 0 Å². The van der Waals surface area contributed by atoms with Crippen LogP contribution in [-0.2, 0) is 14.9 Å². The van der Waals surface area contributed by atoms with Crippen molar-refractivity contribution < 1.29 is 13.9 Å². The molecule has 0 N–H and O–H groups in total. The van der Waals surface area contributed by atoms with E-state index in [1.54, 1.807) is 13.1 Å². The molecule has 2 heterocycles. The van der Waals surface area contributed by atoms with Gasteiger partial charge in [0.1, 0.15) is 5.76 Å². The van der Waals surface area contributed by atoms with Crippen molar-refractivity contribution in [2.24, 2.45) is 0 Å². The van der Waals surface area contributed by atoms with Crippen LogP contribution in [0, 0.1) is 0 Å². The number of rotatable bonds is 5. The van der Waals surface area contributed by atoms with Gasteiger partial charge in [0.15, 0.2) is 6.10 Å². The van der Waals surface area contributed by atoms with Gasteiger partial charge in [0.25, 0.3) is 0 Å². The Hall–Kier alpha value is -1.01. The number of hydrogen-bond acceptors (Lipinski definition) is 6. The molecule has 1 aliphatic heterocycles. The second-order valence-electron chi connectivity index (χ2n) is 6.88. The van der Waals surface area contributed by atoms with Gasteiger partial charge in [-0.3, -0.25) is 9.69 Å². The molecule has 6 heteroatoms. The minimum Gasteiger partial charge on any atom is -0.452 e. The predicted molar refractivity (Wildman–Crippen MR) is 88.1 cm³/mol. The molecule has 0 aliphatic carbocycles. The molecule has 1 aromatic heterocycles. The lowest BCUT2D eigenvalue weighted by Crippen LogP contribution is -2.36. The monoisotopic (exact) mass is 326 g/mol. The van der Waals surface area contributed by atoms with E-state index in [4.69, 9.17) is 9.15 Å². The Morgan fingerprint density at radius 2 is 2.32 bits per heavy atom. The molecule has 0 aromatic carbocycles. The predicted octanol–water partition coefficient (Wildman–Crippen LogP) is 3.01. The first-order valence-electron chi connectivity index (χ1n) is 7.71. The Morgan fingerprint density at radius 3 is 2.86 bits per heavy atom. The first kappa shape index (κ1) is 17.3. The molecule has 0 saturated carbocycles. The lowest BCUT2D eigenvalue weighted by molar-refractivity contribution is -0.151. The summed E-state index contributed by atoms with van der Waals surface area (Å²) in [4.78, 5) is 18.4. The summed E-state index contributed by atoms with van der Waals surface area (Å²) < 4.78 is 11.2. The molecule has 124 valence electrons. The zero-order valence-corrected chi connectivity index (χ0v) is 14.9. The van der Waals surface area contributed by atoms with Crippen LogP contribution in [0.1, 0.15) is 51.9 Å². The zero-order valence-electron chi connectivity index (χ0n) is 14.1. The SMILES string of the molecule is CC(OC(=O)CN(C)C1CCSC1)c1ncc(C(C)(C)C)o1. The second-order valence-corrected chi connectivity index (χ2v) is 8.03. The lowest BCUT2D eigenvalue weighted by Gasteiger charge is -2.22. The summed E-state index contributed by atoms with van der Waals surface area (Å²) >= 11 is 1.93. The standard InChI is InChI=1S/C16H26N2O3S/c1-11(15-17-8-13(21-15)16(2,3)4)20-14(19)9-18(5)12-6-7-22-10-12/h8,11-12H,6-7,9-10H2,1-5H3. The van der Waals surface area contributed by atoms with Crippen molar-refractivity contribution >= 4 is 17.7 Å². The van der Waals surface area contributed by atoms with Crippen LogP contribution in [0.2, 0.25) is 0 Å². The molecule has 2 atom stereocenters. The number of nitrogens with zero attached hydrogens (tertiary/aromatic N) is 2. The van der Waals surface area contributed by atoms with Gasteiger partial charge in [0.05, 0.1) is 12.7 Å². The Balaban J connectivity index is 1.86. The molecule has 1 aliphatic rings. The van der Waals surface area contributed by atoms with Gasteiger partial charge in [-0.15, -0.1) is 0 Å². The molecule has 5 nitrogen and oxygen atoms in total. The van der Waals surface area contributed by atoms with E-state index < -0.39 is 6.10 Å². The van der Waals surface area contributed by atoms with Crippen LogP contribution in [0.5, 0.6) is 0 Å². The maximum atomic E-state index is 12.1. The van der Waals surface area contributed by atoms with Crippen LogP contribution in [0.25, 0.3) is 0 Å². The average Bonchev–Trinajstić information content (AvgIpc) is 3.09. The summed E-state index contributed by atoms with van der Waals surface area (Å²) in [6.07, 6.45) is 2.38. The van der Waals surface area contributed by atoms with Crippen LogP contribution in [0.4, 0.5) is 0 Å². The van der Waals surface area contributed by atoms with Crippen molar-refractivity contribution in [3.05, 3.63) is 17.8 Å². The minimum absolute atomic E-state index is 0.102. The molecule has 22 heavy (non-hydrogen) atoms. The van der Waals surface area contributed by atoms with Gasteiger partial charge < -0.3 is 9.15 Å². The number of carbonyl (C=O) groups excluding carboxylic acids is 1. The first-order valence-corrected chi connectivity index (χ1v) is 8.86. The minimum atomic E-state index is -0.463. The van der Waals surface area contributed by atoms with E-state index in [9.17, 15) is 4.79 Å². The fraction of sp³-hybridized carbons (Fsp3) is 0.750. The van der Waals surface area contributed by atoms with Crippen LogP contribution >= 0.6 is 11.8 Å². The topological polar surface area (TPSA) is 55.6 Å². The van der Waals surface area contributed by atoms with Gasteiger partial charge >= 0.3 is 5.97 Å². The summed E-state index contributed by atoms with van der Waals surface area (Å²) in [6, 6.07) is 0.474. The lowest BCUT2D eigenvalue weighted by atomic mass is 9.94. The molecule has 1 fully saturated rings. The average molecular weight is 326 g/mol. The third-order valence-electron chi connectivity index (χ3n) is 3.83. The number of esters is 1. The van der Waals surface area contributed by atoms with E-state index in [2.05, 4.69) is 30.7 Å². The van der Waals surface area contributed by atoms with Gasteiger partial charge in [-0.1, -0.05) is 20.8 Å². The molecule has 2 unspecified atom stereocenters. The molecule has 0 spiro atoms. The number of aromatic nitrogens is 1. The summed E-state index contributed by atoms with van der Waals surface area (Å²) in [5, 5.41) is 0. The number of oxazole rings is 1. The molecule has 1 saturated heterocycles. The number of thioether (sulfide) groups is 1. The Labute approximate surface area is 136 Å². The molecule has 0 bridgehead atoms. The smallest absolute Gasteiger partial charge is 0.320 e. The highest BCUT2D eigenvalue weighted by molar-refractivity contribution is 7.99. The van der Waals surface area contributed by atoms with Crippen molar-refractivity contribution in [1.82, 2.24) is 9.88 Å². The summed E-state index contributed by atoms with van der Waals surface area (Å²) in [6.45, 7) is 8.28. The highest BCUT2D eigenvalue weighted by atomic mass is 32.2. The highest BCUT2D eigenvalue weighted by Crippen LogP contribution is 2.26. The van der Waals surface area contributed by atoms with E-state index in [0.717, 1.165) is 17.9 Å². The quantitative estimate of drug-likeness (QED) is 0.775. The Morgan fingerprint density at radius 1 is 1.59 bits per heavy atom. The highest BCUT2D eigenvalue weighted by Gasteiger charge is 2.25. The summed E-state index contributed by atoms with van der Waals surface area (Å²) in [5.74, 6) is 3.28. The van der Waals surface area contributed by atoms with Gasteiger partial charge in [0.2, 0.25) is 5.89 Å². The van der Waals surface area contributed by atoms with Crippen molar-refractivity contribution in [3.63, 3.8) is 0 Å². The molecule has 0 amide bonds. The van der Waals surface area contributed by atoms with Gasteiger partial charge in [0, 0.05) is 17.2 Å². The summed E-state index contributed by atoms with van der Waals surface area (Å²) in [7, 11) is 1.98. The zero-order chi connectivity index (χ0) is 16.3. The van der Waals surface area contributed by atoms with E-state index in [1.807, 2.05) is 18.8 Å². The van der Waals surface area contributed by atoms with Gasteiger partial charge in [-0.05, 0) is 26.1 Å². The first-order chi connectivity index (χ1) is 10.3. The number of ether oxygens (including phenoxy) is 1. The Kier molecular flexibility index (Phi) is 5.55. The van der Waals surface area contributed by atoms with E-state index in [1.165, 1.54) is 5.75 Å².